The van der Waals surface area contributed by atoms with Crippen LogP contribution in [0.15, 0.2) is 0 Å². The summed E-state index contributed by atoms with van der Waals surface area (Å²) in [5.74, 6) is 2.89. The summed E-state index contributed by atoms with van der Waals surface area (Å²) in [4.78, 5) is 0. The number of hydrogen-bond donors (Lipinski definition) is 1. The van der Waals surface area contributed by atoms with E-state index < -0.39 is 0 Å². The molecule has 0 bridgehead atoms. The molecule has 0 aromatic heterocycles. The molecule has 1 fully saturated rings. The van der Waals surface area contributed by atoms with E-state index in [1.54, 1.807) is 0 Å². The molecule has 2 atom stereocenters. The number of rotatable bonds is 6. The SMILES string of the molecule is CNCCC(C)CC(C)C1CCCCC1. The van der Waals surface area contributed by atoms with Crippen LogP contribution < -0.4 is 5.32 Å². The Morgan fingerprint density at radius 1 is 1.13 bits per heavy atom. The second-order valence-corrected chi connectivity index (χ2v) is 5.61. The highest BCUT2D eigenvalue weighted by Gasteiger charge is 2.21. The molecule has 2 unspecified atom stereocenters. The summed E-state index contributed by atoms with van der Waals surface area (Å²) in [5.41, 5.74) is 0. The minimum Gasteiger partial charge on any atom is -0.320 e. The van der Waals surface area contributed by atoms with Gasteiger partial charge < -0.3 is 5.32 Å². The fourth-order valence-corrected chi connectivity index (χ4v) is 3.04. The first kappa shape index (κ1) is 13.0. The van der Waals surface area contributed by atoms with E-state index in [1.165, 1.54) is 51.5 Å². The van der Waals surface area contributed by atoms with Gasteiger partial charge in [0, 0.05) is 0 Å². The molecule has 1 aliphatic carbocycles. The maximum Gasteiger partial charge on any atom is -0.00494 e. The summed E-state index contributed by atoms with van der Waals surface area (Å²) in [5, 5.41) is 3.25. The minimum atomic E-state index is 0.898. The summed E-state index contributed by atoms with van der Waals surface area (Å²) in [6.07, 6.45) is 10.2. The Morgan fingerprint density at radius 2 is 1.80 bits per heavy atom. The Kier molecular flexibility index (Phi) is 6.31. The molecule has 0 radical (unpaired) electrons. The van der Waals surface area contributed by atoms with E-state index in [1.807, 2.05) is 0 Å². The summed E-state index contributed by atoms with van der Waals surface area (Å²) >= 11 is 0. The van der Waals surface area contributed by atoms with Crippen LogP contribution in [0.1, 0.15) is 58.8 Å². The molecule has 0 aromatic carbocycles. The van der Waals surface area contributed by atoms with Gasteiger partial charge in [-0.2, -0.15) is 0 Å². The zero-order valence-electron chi connectivity index (χ0n) is 10.9. The topological polar surface area (TPSA) is 12.0 Å². The smallest absolute Gasteiger partial charge is 0.00494 e. The molecule has 1 saturated carbocycles. The highest BCUT2D eigenvalue weighted by molar-refractivity contribution is 4.73. The fourth-order valence-electron chi connectivity index (χ4n) is 3.04. The molecule has 0 saturated heterocycles. The van der Waals surface area contributed by atoms with Gasteiger partial charge in [-0.25, -0.2) is 0 Å². The van der Waals surface area contributed by atoms with E-state index in [2.05, 4.69) is 26.2 Å². The average Bonchev–Trinajstić information content (AvgIpc) is 2.27. The summed E-state index contributed by atoms with van der Waals surface area (Å²) in [6, 6.07) is 0. The standard InChI is InChI=1S/C14H29N/c1-12(9-10-15-3)11-13(2)14-7-5-4-6-8-14/h12-15H,4-11H2,1-3H3. The van der Waals surface area contributed by atoms with Crippen molar-refractivity contribution in [3.05, 3.63) is 0 Å². The molecule has 1 N–H and O–H groups in total. The van der Waals surface area contributed by atoms with Crippen molar-refractivity contribution in [3.63, 3.8) is 0 Å². The van der Waals surface area contributed by atoms with Crippen LogP contribution in [0.5, 0.6) is 0 Å². The molecule has 0 spiro atoms. The Balaban J connectivity index is 2.17. The van der Waals surface area contributed by atoms with Gasteiger partial charge in [-0.05, 0) is 44.2 Å². The van der Waals surface area contributed by atoms with Crippen LogP contribution in [-0.4, -0.2) is 13.6 Å². The predicted molar refractivity (Wildman–Crippen MR) is 68.1 cm³/mol. The molecule has 0 aliphatic heterocycles. The van der Waals surface area contributed by atoms with Crippen molar-refractivity contribution in [2.45, 2.75) is 58.8 Å². The van der Waals surface area contributed by atoms with Crippen molar-refractivity contribution in [1.82, 2.24) is 5.32 Å². The van der Waals surface area contributed by atoms with Crippen molar-refractivity contribution in [1.29, 1.82) is 0 Å². The lowest BCUT2D eigenvalue weighted by atomic mass is 9.77. The van der Waals surface area contributed by atoms with Crippen LogP contribution in [-0.2, 0) is 0 Å². The fraction of sp³-hybridized carbons (Fsp3) is 1.00. The second kappa shape index (κ2) is 7.27. The second-order valence-electron chi connectivity index (χ2n) is 5.61. The Bertz CT molecular complexity index is 149. The maximum atomic E-state index is 3.25. The molecule has 15 heavy (non-hydrogen) atoms. The van der Waals surface area contributed by atoms with Gasteiger partial charge in [0.05, 0.1) is 0 Å². The van der Waals surface area contributed by atoms with Crippen LogP contribution in [0.2, 0.25) is 0 Å². The zero-order valence-corrected chi connectivity index (χ0v) is 10.9. The first-order chi connectivity index (χ1) is 7.24. The van der Waals surface area contributed by atoms with Gasteiger partial charge in [-0.15, -0.1) is 0 Å². The minimum absolute atomic E-state index is 0.898. The van der Waals surface area contributed by atoms with Crippen LogP contribution >= 0.6 is 0 Å². The van der Waals surface area contributed by atoms with Gasteiger partial charge in [-0.3, -0.25) is 0 Å². The first-order valence-corrected chi connectivity index (χ1v) is 6.88. The normalized spacial score (nSPS) is 22.6. The van der Waals surface area contributed by atoms with Crippen LogP contribution in [0.4, 0.5) is 0 Å². The molecule has 0 aromatic rings. The van der Waals surface area contributed by atoms with E-state index in [0.717, 1.165) is 17.8 Å². The van der Waals surface area contributed by atoms with Gasteiger partial charge in [0.25, 0.3) is 0 Å². The quantitative estimate of drug-likeness (QED) is 0.704. The molecule has 0 amide bonds. The Morgan fingerprint density at radius 3 is 2.40 bits per heavy atom. The number of nitrogens with one attached hydrogen (secondary N) is 1. The zero-order chi connectivity index (χ0) is 11.1. The summed E-state index contributed by atoms with van der Waals surface area (Å²) in [6.45, 7) is 6.07. The van der Waals surface area contributed by atoms with Crippen molar-refractivity contribution in [2.24, 2.45) is 17.8 Å². The molecule has 1 aliphatic rings. The highest BCUT2D eigenvalue weighted by atomic mass is 14.8. The van der Waals surface area contributed by atoms with E-state index in [9.17, 15) is 0 Å². The first-order valence-electron chi connectivity index (χ1n) is 6.88. The Labute approximate surface area is 96.0 Å². The van der Waals surface area contributed by atoms with Crippen LogP contribution in [0.25, 0.3) is 0 Å². The van der Waals surface area contributed by atoms with Gasteiger partial charge >= 0.3 is 0 Å². The predicted octanol–water partition coefficient (Wildman–Crippen LogP) is 3.84. The van der Waals surface area contributed by atoms with Crippen LogP contribution in [0.3, 0.4) is 0 Å². The molecule has 1 heteroatoms. The van der Waals surface area contributed by atoms with Crippen molar-refractivity contribution < 1.29 is 0 Å². The number of hydrogen-bond acceptors (Lipinski definition) is 1. The largest absolute Gasteiger partial charge is 0.320 e. The van der Waals surface area contributed by atoms with E-state index in [4.69, 9.17) is 0 Å². The van der Waals surface area contributed by atoms with E-state index in [-0.39, 0.29) is 0 Å². The van der Waals surface area contributed by atoms with Gasteiger partial charge in [0.15, 0.2) is 0 Å². The molecular formula is C14H29N. The summed E-state index contributed by atoms with van der Waals surface area (Å²) in [7, 11) is 2.05. The van der Waals surface area contributed by atoms with E-state index in [0.29, 0.717) is 0 Å². The molecular weight excluding hydrogens is 182 g/mol. The van der Waals surface area contributed by atoms with Gasteiger partial charge in [0.1, 0.15) is 0 Å². The third kappa shape index (κ3) is 5.01. The average molecular weight is 211 g/mol. The van der Waals surface area contributed by atoms with Crippen molar-refractivity contribution in [3.8, 4) is 0 Å². The lowest BCUT2D eigenvalue weighted by Crippen LogP contribution is -2.19. The molecule has 90 valence electrons. The molecule has 1 rings (SSSR count). The van der Waals surface area contributed by atoms with E-state index >= 15 is 0 Å². The third-order valence-corrected chi connectivity index (χ3v) is 4.12. The van der Waals surface area contributed by atoms with Crippen molar-refractivity contribution in [2.75, 3.05) is 13.6 Å². The third-order valence-electron chi connectivity index (χ3n) is 4.12. The molecule has 0 heterocycles. The Hall–Kier alpha value is -0.0400. The van der Waals surface area contributed by atoms with Crippen molar-refractivity contribution >= 4 is 0 Å². The molecule has 1 nitrogen and oxygen atoms in total. The summed E-state index contributed by atoms with van der Waals surface area (Å²) < 4.78 is 0. The van der Waals surface area contributed by atoms with Gasteiger partial charge in [0.2, 0.25) is 0 Å². The highest BCUT2D eigenvalue weighted by Crippen LogP contribution is 2.33. The van der Waals surface area contributed by atoms with Crippen LogP contribution in [0, 0.1) is 17.8 Å². The monoisotopic (exact) mass is 211 g/mol. The van der Waals surface area contributed by atoms with Gasteiger partial charge in [-0.1, -0.05) is 46.0 Å². The maximum absolute atomic E-state index is 3.25. The lowest BCUT2D eigenvalue weighted by molar-refractivity contribution is 0.226. The lowest BCUT2D eigenvalue weighted by Gasteiger charge is -2.29.